The van der Waals surface area contributed by atoms with E-state index in [-0.39, 0.29) is 3.98 Å². The number of alkyl halides is 1. The van der Waals surface area contributed by atoms with Crippen molar-refractivity contribution < 1.29 is 9.53 Å². The van der Waals surface area contributed by atoms with Crippen molar-refractivity contribution in [2.75, 3.05) is 12.5 Å². The van der Waals surface area contributed by atoms with Gasteiger partial charge in [-0.15, -0.1) is 11.6 Å². The van der Waals surface area contributed by atoms with Gasteiger partial charge in [-0.3, -0.25) is 0 Å². The van der Waals surface area contributed by atoms with Gasteiger partial charge in [-0.05, 0) is 0 Å². The summed E-state index contributed by atoms with van der Waals surface area (Å²) >= 11 is 6.71. The van der Waals surface area contributed by atoms with E-state index in [2.05, 4.69) is 4.74 Å². The average Bonchev–Trinajstić information content (AvgIpc) is 1.61. The van der Waals surface area contributed by atoms with E-state index in [0.717, 1.165) is 0 Å². The van der Waals surface area contributed by atoms with Crippen molar-refractivity contribution in [3.05, 3.63) is 0 Å². The van der Waals surface area contributed by atoms with Crippen LogP contribution in [0.4, 0.5) is 4.79 Å². The molecule has 0 atom stereocenters. The minimum absolute atomic E-state index is 0.307. The van der Waals surface area contributed by atoms with Crippen LogP contribution in [0.3, 0.4) is 0 Å². The van der Waals surface area contributed by atoms with E-state index in [1.807, 2.05) is 0 Å². The van der Waals surface area contributed by atoms with Crippen molar-refractivity contribution in [1.29, 1.82) is 0 Å². The van der Waals surface area contributed by atoms with Gasteiger partial charge in [0.05, 0.1) is 28.5 Å². The third kappa shape index (κ3) is 6.49. The molecule has 0 radical (unpaired) electrons. The summed E-state index contributed by atoms with van der Waals surface area (Å²) in [7, 11) is 0. The number of rotatable bonds is 2. The number of carbonyl (C=O) groups is 1. The van der Waals surface area contributed by atoms with Crippen LogP contribution in [0, 0.1) is 0 Å². The topological polar surface area (TPSA) is 26.3 Å². The first kappa shape index (κ1) is 7.49. The van der Waals surface area contributed by atoms with Crippen LogP contribution in [0.5, 0.6) is 0 Å². The predicted octanol–water partition coefficient (Wildman–Crippen LogP) is 1.80. The average molecular weight is 234 g/mol. The number of halogens is 2. The molecule has 0 aliphatic carbocycles. The molecule has 0 aliphatic rings. The first-order chi connectivity index (χ1) is 3.27. The van der Waals surface area contributed by atoms with Crippen LogP contribution in [-0.2, 0) is 4.74 Å². The fraction of sp³-hybridized carbons (Fsp3) is 0.667. The van der Waals surface area contributed by atoms with Gasteiger partial charge in [-0.1, -0.05) is 0 Å². The molecule has 2 nitrogen and oxygen atoms in total. The lowest BCUT2D eigenvalue weighted by atomic mass is 10.9. The van der Waals surface area contributed by atoms with Crippen LogP contribution >= 0.6 is 34.2 Å². The Hall–Kier alpha value is 0.490. The van der Waals surface area contributed by atoms with E-state index >= 15 is 0 Å². The monoisotopic (exact) mass is 234 g/mol. The molecule has 0 saturated carbocycles. The van der Waals surface area contributed by atoms with Gasteiger partial charge in [-0.2, -0.15) is 0 Å². The van der Waals surface area contributed by atoms with Gasteiger partial charge in [0.2, 0.25) is 0 Å². The van der Waals surface area contributed by atoms with Crippen molar-refractivity contribution >= 4 is 38.2 Å². The molecule has 0 heterocycles. The zero-order valence-electron chi connectivity index (χ0n) is 3.49. The van der Waals surface area contributed by atoms with Crippen LogP contribution in [-0.4, -0.2) is 16.5 Å². The Labute approximate surface area is 60.3 Å². The van der Waals surface area contributed by atoms with Gasteiger partial charge < -0.3 is 4.74 Å². The molecular formula is C3H4ClIO2. The second-order valence-electron chi connectivity index (χ2n) is 0.775. The lowest BCUT2D eigenvalue weighted by Gasteiger charge is -1.91. The van der Waals surface area contributed by atoms with E-state index in [1.54, 1.807) is 22.6 Å². The Balaban J connectivity index is 2.82. The summed E-state index contributed by atoms with van der Waals surface area (Å²) in [5.41, 5.74) is 0. The number of hydrogen-bond acceptors (Lipinski definition) is 2. The zero-order chi connectivity index (χ0) is 5.70. The molecule has 42 valence electrons. The first-order valence-corrected chi connectivity index (χ1v) is 3.27. The summed E-state index contributed by atoms with van der Waals surface area (Å²) in [5, 5.41) is 0. The zero-order valence-corrected chi connectivity index (χ0v) is 6.40. The molecule has 0 aliphatic heterocycles. The first-order valence-electron chi connectivity index (χ1n) is 1.65. The summed E-state index contributed by atoms with van der Waals surface area (Å²) in [5.74, 6) is 0.370. The molecule has 0 fully saturated rings. The highest BCUT2D eigenvalue weighted by atomic mass is 127. The summed E-state index contributed by atoms with van der Waals surface area (Å²) < 4.78 is 4.10. The molecule has 4 heteroatoms. The highest BCUT2D eigenvalue weighted by Gasteiger charge is 1.89. The summed E-state index contributed by atoms with van der Waals surface area (Å²) in [4.78, 5) is 9.91. The molecule has 7 heavy (non-hydrogen) atoms. The third-order valence-electron chi connectivity index (χ3n) is 0.293. The van der Waals surface area contributed by atoms with Crippen LogP contribution in [0.25, 0.3) is 0 Å². The second-order valence-corrected chi connectivity index (χ2v) is 2.03. The second kappa shape index (κ2) is 4.64. The van der Waals surface area contributed by atoms with Crippen molar-refractivity contribution in [3.8, 4) is 0 Å². The summed E-state index contributed by atoms with van der Waals surface area (Å²) in [6.45, 7) is 0.309. The number of hydrogen-bond donors (Lipinski definition) is 0. The fourth-order valence-electron chi connectivity index (χ4n) is 0.119. The lowest BCUT2D eigenvalue weighted by molar-refractivity contribution is 0.186. The minimum Gasteiger partial charge on any atom is -0.457 e. The van der Waals surface area contributed by atoms with Crippen LogP contribution in [0.1, 0.15) is 0 Å². The van der Waals surface area contributed by atoms with Gasteiger partial charge in [0.25, 0.3) is 0 Å². The number of carbonyl (C=O) groups excluding carboxylic acids is 1. The van der Waals surface area contributed by atoms with Gasteiger partial charge in [0.1, 0.15) is 6.61 Å². The van der Waals surface area contributed by atoms with Crippen molar-refractivity contribution in [3.63, 3.8) is 0 Å². The van der Waals surface area contributed by atoms with Gasteiger partial charge in [-0.25, -0.2) is 4.79 Å². The van der Waals surface area contributed by atoms with Crippen LogP contribution in [0.2, 0.25) is 0 Å². The normalized spacial score (nSPS) is 8.29. The molecule has 0 aromatic rings. The fourth-order valence-corrected chi connectivity index (χ4v) is 0.416. The largest absolute Gasteiger partial charge is 0.457 e. The standard InChI is InChI=1S/C3H4ClIO2/c4-1-2-7-3(5)6/h1-2H2. The number of ether oxygens (including phenoxy) is 1. The molecule has 0 spiro atoms. The quantitative estimate of drug-likeness (QED) is 0.414. The molecule has 0 bridgehead atoms. The van der Waals surface area contributed by atoms with Gasteiger partial charge >= 0.3 is 3.98 Å². The molecule has 0 unspecified atom stereocenters. The van der Waals surface area contributed by atoms with Crippen molar-refractivity contribution in [2.45, 2.75) is 0 Å². The van der Waals surface area contributed by atoms with E-state index in [1.165, 1.54) is 0 Å². The van der Waals surface area contributed by atoms with Crippen LogP contribution in [0.15, 0.2) is 0 Å². The van der Waals surface area contributed by atoms with Gasteiger partial charge in [0.15, 0.2) is 0 Å². The maximum atomic E-state index is 9.91. The Morgan fingerprint density at radius 1 is 1.86 bits per heavy atom. The Morgan fingerprint density at radius 3 is 2.57 bits per heavy atom. The molecule has 0 aromatic carbocycles. The predicted molar refractivity (Wildman–Crippen MR) is 36.1 cm³/mol. The lowest BCUT2D eigenvalue weighted by Crippen LogP contribution is -1.95. The van der Waals surface area contributed by atoms with E-state index < -0.39 is 0 Å². The Bertz CT molecular complexity index is 66.0. The maximum Gasteiger partial charge on any atom is 0.367 e. The van der Waals surface area contributed by atoms with Crippen molar-refractivity contribution in [1.82, 2.24) is 0 Å². The minimum atomic E-state index is -0.307. The highest BCUT2D eigenvalue weighted by molar-refractivity contribution is 14.1. The Morgan fingerprint density at radius 2 is 2.43 bits per heavy atom. The van der Waals surface area contributed by atoms with E-state index in [0.29, 0.717) is 12.5 Å². The molecular weight excluding hydrogens is 230 g/mol. The molecule has 0 rings (SSSR count). The van der Waals surface area contributed by atoms with Gasteiger partial charge in [0, 0.05) is 0 Å². The van der Waals surface area contributed by atoms with Crippen LogP contribution < -0.4 is 0 Å². The molecule has 0 amide bonds. The Kier molecular flexibility index (Phi) is 4.97. The summed E-state index contributed by atoms with van der Waals surface area (Å²) in [6, 6.07) is 0. The van der Waals surface area contributed by atoms with E-state index in [4.69, 9.17) is 11.6 Å². The molecule has 0 saturated heterocycles. The highest BCUT2D eigenvalue weighted by Crippen LogP contribution is 1.90. The van der Waals surface area contributed by atoms with Crippen molar-refractivity contribution in [2.24, 2.45) is 0 Å². The maximum absolute atomic E-state index is 9.91. The smallest absolute Gasteiger partial charge is 0.367 e. The third-order valence-corrected chi connectivity index (χ3v) is 0.758. The molecule has 0 aromatic heterocycles. The van der Waals surface area contributed by atoms with E-state index in [9.17, 15) is 4.79 Å². The molecule has 0 N–H and O–H groups in total. The SMILES string of the molecule is O=C(I)OCCCl. The summed E-state index contributed by atoms with van der Waals surface area (Å²) in [6.07, 6.45) is 0.